The maximum atomic E-state index is 5.49. The van der Waals surface area contributed by atoms with Crippen molar-refractivity contribution in [3.05, 3.63) is 29.8 Å². The first-order chi connectivity index (χ1) is 13.7. The molecule has 1 N–H and O–H groups in total. The maximum absolute atomic E-state index is 5.49. The molecule has 7 heteroatoms. The first-order valence-electron chi connectivity index (χ1n) is 10.5. The quantitative estimate of drug-likeness (QED) is 0.343. The Morgan fingerprint density at radius 2 is 1.93 bits per heavy atom. The number of hydrogen-bond acceptors (Lipinski definition) is 4. The molecule has 1 aromatic carbocycles. The fourth-order valence-corrected chi connectivity index (χ4v) is 4.16. The number of halogens is 1. The molecular weight excluding hydrogens is 479 g/mol. The van der Waals surface area contributed by atoms with Crippen LogP contribution in [0.5, 0.6) is 5.75 Å². The Balaban J connectivity index is 0.00000300. The van der Waals surface area contributed by atoms with Crippen molar-refractivity contribution in [1.82, 2.24) is 15.1 Å². The van der Waals surface area contributed by atoms with E-state index in [1.54, 1.807) is 7.11 Å². The lowest BCUT2D eigenvalue weighted by Gasteiger charge is -2.33. The van der Waals surface area contributed by atoms with E-state index >= 15 is 0 Å². The molecule has 0 spiro atoms. The average molecular weight is 516 g/mol. The van der Waals surface area contributed by atoms with Crippen LogP contribution in [-0.4, -0.2) is 76.4 Å². The lowest BCUT2D eigenvalue weighted by molar-refractivity contribution is 0.176. The molecule has 0 radical (unpaired) electrons. The highest BCUT2D eigenvalue weighted by Crippen LogP contribution is 2.20. The molecule has 0 saturated carbocycles. The van der Waals surface area contributed by atoms with Crippen LogP contribution in [0.4, 0.5) is 0 Å². The van der Waals surface area contributed by atoms with Gasteiger partial charge in [0.05, 0.1) is 13.7 Å². The highest BCUT2D eigenvalue weighted by molar-refractivity contribution is 14.0. The van der Waals surface area contributed by atoms with E-state index in [9.17, 15) is 0 Å². The number of aliphatic imine (C=N–C) groups is 1. The van der Waals surface area contributed by atoms with Crippen LogP contribution < -0.4 is 10.1 Å². The van der Waals surface area contributed by atoms with Crippen LogP contribution in [0.15, 0.2) is 29.3 Å². The van der Waals surface area contributed by atoms with Gasteiger partial charge in [-0.3, -0.25) is 9.89 Å². The minimum absolute atomic E-state index is 0. The predicted molar refractivity (Wildman–Crippen MR) is 129 cm³/mol. The molecule has 0 aromatic heterocycles. The van der Waals surface area contributed by atoms with Crippen molar-refractivity contribution in [3.8, 4) is 5.75 Å². The standard InChI is InChI=1S/C22H36N4O2.HI/c1-23-22(25(2)15-20-10-13-28-17-20)24-14-18-8-11-26(12-9-18)16-19-4-6-21(27-3)7-5-19;/h4-7,18,20H,8-17H2,1-3H3,(H,23,24);1H. The zero-order valence-electron chi connectivity index (χ0n) is 18.1. The molecular formula is C22H37IN4O2. The molecule has 0 aliphatic carbocycles. The van der Waals surface area contributed by atoms with Crippen LogP contribution in [0.2, 0.25) is 0 Å². The fraction of sp³-hybridized carbons (Fsp3) is 0.682. The molecule has 29 heavy (non-hydrogen) atoms. The van der Waals surface area contributed by atoms with Crippen molar-refractivity contribution in [2.75, 3.05) is 60.6 Å². The first-order valence-corrected chi connectivity index (χ1v) is 10.5. The SMILES string of the molecule is CN=C(NCC1CCN(Cc2ccc(OC)cc2)CC1)N(C)CC1CCOC1.I. The molecule has 3 rings (SSSR count). The molecule has 1 atom stereocenters. The van der Waals surface area contributed by atoms with Crippen molar-refractivity contribution in [1.29, 1.82) is 0 Å². The third-order valence-corrected chi connectivity index (χ3v) is 5.95. The van der Waals surface area contributed by atoms with Crippen LogP contribution in [0.25, 0.3) is 0 Å². The summed E-state index contributed by atoms with van der Waals surface area (Å²) in [5.74, 6) is 3.27. The number of likely N-dealkylation sites (tertiary alicyclic amines) is 1. The Hall–Kier alpha value is -1.06. The highest BCUT2D eigenvalue weighted by Gasteiger charge is 2.22. The van der Waals surface area contributed by atoms with Crippen LogP contribution in [0.3, 0.4) is 0 Å². The largest absolute Gasteiger partial charge is 0.497 e. The van der Waals surface area contributed by atoms with E-state index in [1.165, 1.54) is 18.4 Å². The van der Waals surface area contributed by atoms with Gasteiger partial charge in [-0.1, -0.05) is 12.1 Å². The van der Waals surface area contributed by atoms with Gasteiger partial charge in [0.2, 0.25) is 0 Å². The summed E-state index contributed by atoms with van der Waals surface area (Å²) in [6.45, 7) is 7.15. The van der Waals surface area contributed by atoms with Crippen molar-refractivity contribution in [3.63, 3.8) is 0 Å². The van der Waals surface area contributed by atoms with Crippen molar-refractivity contribution >= 4 is 29.9 Å². The van der Waals surface area contributed by atoms with E-state index in [1.807, 2.05) is 19.2 Å². The van der Waals surface area contributed by atoms with Gasteiger partial charge in [-0.2, -0.15) is 0 Å². The fourth-order valence-electron chi connectivity index (χ4n) is 4.16. The summed E-state index contributed by atoms with van der Waals surface area (Å²) in [5, 5.41) is 3.59. The lowest BCUT2D eigenvalue weighted by atomic mass is 9.96. The Morgan fingerprint density at radius 3 is 2.52 bits per heavy atom. The summed E-state index contributed by atoms with van der Waals surface area (Å²) in [4.78, 5) is 9.27. The van der Waals surface area contributed by atoms with E-state index in [-0.39, 0.29) is 24.0 Å². The Bertz CT molecular complexity index is 612. The first kappa shape index (κ1) is 24.2. The van der Waals surface area contributed by atoms with Crippen molar-refractivity contribution < 1.29 is 9.47 Å². The van der Waals surface area contributed by atoms with E-state index < -0.39 is 0 Å². The summed E-state index contributed by atoms with van der Waals surface area (Å²) < 4.78 is 10.7. The number of hydrogen-bond donors (Lipinski definition) is 1. The van der Waals surface area contributed by atoms with Gasteiger partial charge in [0.15, 0.2) is 5.96 Å². The number of methoxy groups -OCH3 is 1. The second-order valence-electron chi connectivity index (χ2n) is 8.11. The summed E-state index contributed by atoms with van der Waals surface area (Å²) in [6.07, 6.45) is 3.63. The monoisotopic (exact) mass is 516 g/mol. The summed E-state index contributed by atoms with van der Waals surface area (Å²) >= 11 is 0. The number of benzene rings is 1. The molecule has 1 unspecified atom stereocenters. The molecule has 2 saturated heterocycles. The van der Waals surface area contributed by atoms with Crippen molar-refractivity contribution in [2.24, 2.45) is 16.8 Å². The second kappa shape index (κ2) is 12.6. The Morgan fingerprint density at radius 1 is 1.21 bits per heavy atom. The topological polar surface area (TPSA) is 49.3 Å². The van der Waals surface area contributed by atoms with E-state index in [0.717, 1.165) is 64.1 Å². The van der Waals surface area contributed by atoms with Gasteiger partial charge in [0.25, 0.3) is 0 Å². The van der Waals surface area contributed by atoms with Gasteiger partial charge in [-0.05, 0) is 56.0 Å². The smallest absolute Gasteiger partial charge is 0.193 e. The number of nitrogens with one attached hydrogen (secondary N) is 1. The zero-order chi connectivity index (χ0) is 19.8. The molecule has 2 aliphatic heterocycles. The minimum Gasteiger partial charge on any atom is -0.497 e. The Kier molecular flexibility index (Phi) is 10.5. The molecule has 6 nitrogen and oxygen atoms in total. The van der Waals surface area contributed by atoms with E-state index in [4.69, 9.17) is 9.47 Å². The van der Waals surface area contributed by atoms with Gasteiger partial charge < -0.3 is 19.7 Å². The molecule has 0 amide bonds. The van der Waals surface area contributed by atoms with Crippen LogP contribution in [0, 0.1) is 11.8 Å². The van der Waals surface area contributed by atoms with Crippen LogP contribution in [-0.2, 0) is 11.3 Å². The lowest BCUT2D eigenvalue weighted by Crippen LogP contribution is -2.44. The summed E-state index contributed by atoms with van der Waals surface area (Å²) in [6, 6.07) is 8.43. The highest BCUT2D eigenvalue weighted by atomic mass is 127. The molecule has 0 bridgehead atoms. The van der Waals surface area contributed by atoms with Crippen molar-refractivity contribution in [2.45, 2.75) is 25.8 Å². The minimum atomic E-state index is 0. The third kappa shape index (κ3) is 7.61. The number of nitrogens with zero attached hydrogens (tertiary/aromatic N) is 3. The Labute approximate surface area is 193 Å². The predicted octanol–water partition coefficient (Wildman–Crippen LogP) is 3.07. The van der Waals surface area contributed by atoms with Gasteiger partial charge >= 0.3 is 0 Å². The van der Waals surface area contributed by atoms with Gasteiger partial charge in [-0.15, -0.1) is 24.0 Å². The molecule has 2 fully saturated rings. The summed E-state index contributed by atoms with van der Waals surface area (Å²) in [5.41, 5.74) is 1.36. The number of rotatable bonds is 7. The molecule has 2 heterocycles. The van der Waals surface area contributed by atoms with Gasteiger partial charge in [0, 0.05) is 46.3 Å². The summed E-state index contributed by atoms with van der Waals surface area (Å²) in [7, 11) is 5.72. The van der Waals surface area contributed by atoms with E-state index in [0.29, 0.717) is 11.8 Å². The van der Waals surface area contributed by atoms with Gasteiger partial charge in [0.1, 0.15) is 5.75 Å². The van der Waals surface area contributed by atoms with Gasteiger partial charge in [-0.25, -0.2) is 0 Å². The average Bonchev–Trinajstić information content (AvgIpc) is 3.23. The molecule has 2 aliphatic rings. The zero-order valence-corrected chi connectivity index (χ0v) is 20.4. The van der Waals surface area contributed by atoms with Crippen LogP contribution >= 0.6 is 24.0 Å². The maximum Gasteiger partial charge on any atom is 0.193 e. The molecule has 1 aromatic rings. The number of guanidine groups is 1. The van der Waals surface area contributed by atoms with Crippen LogP contribution in [0.1, 0.15) is 24.8 Å². The molecule has 164 valence electrons. The van der Waals surface area contributed by atoms with E-state index in [2.05, 4.69) is 39.3 Å². The number of ether oxygens (including phenoxy) is 2. The third-order valence-electron chi connectivity index (χ3n) is 5.95. The second-order valence-corrected chi connectivity index (χ2v) is 8.11. The number of piperidine rings is 1. The normalized spacial score (nSPS) is 20.9.